The Morgan fingerprint density at radius 3 is 2.79 bits per heavy atom. The summed E-state index contributed by atoms with van der Waals surface area (Å²) in [7, 11) is 0. The maximum atomic E-state index is 10.9. The topological polar surface area (TPSA) is 104 Å². The SMILES string of the molecule is Cc1nc(N)cc(Oc2c(Cl)cccc2[N+](=O)[O-])n1. The molecule has 0 aliphatic heterocycles. The van der Waals surface area contributed by atoms with Crippen molar-refractivity contribution in [2.45, 2.75) is 6.92 Å². The summed E-state index contributed by atoms with van der Waals surface area (Å²) in [4.78, 5) is 18.2. The third kappa shape index (κ3) is 2.89. The van der Waals surface area contributed by atoms with E-state index in [0.717, 1.165) is 0 Å². The lowest BCUT2D eigenvalue weighted by molar-refractivity contribution is -0.385. The molecule has 19 heavy (non-hydrogen) atoms. The molecule has 2 N–H and O–H groups in total. The zero-order chi connectivity index (χ0) is 14.0. The van der Waals surface area contributed by atoms with Gasteiger partial charge in [-0.05, 0) is 13.0 Å². The van der Waals surface area contributed by atoms with E-state index in [4.69, 9.17) is 22.1 Å². The number of ether oxygens (including phenoxy) is 1. The zero-order valence-electron chi connectivity index (χ0n) is 9.83. The van der Waals surface area contributed by atoms with E-state index in [0.29, 0.717) is 5.82 Å². The van der Waals surface area contributed by atoms with E-state index >= 15 is 0 Å². The van der Waals surface area contributed by atoms with Crippen LogP contribution in [0.3, 0.4) is 0 Å². The first-order chi connectivity index (χ1) is 8.97. The molecule has 0 aliphatic carbocycles. The Labute approximate surface area is 113 Å². The van der Waals surface area contributed by atoms with E-state index in [9.17, 15) is 10.1 Å². The van der Waals surface area contributed by atoms with Crippen LogP contribution in [-0.2, 0) is 0 Å². The lowest BCUT2D eigenvalue weighted by Crippen LogP contribution is -1.99. The van der Waals surface area contributed by atoms with Crippen molar-refractivity contribution in [2.75, 3.05) is 5.73 Å². The number of benzene rings is 1. The van der Waals surface area contributed by atoms with Gasteiger partial charge >= 0.3 is 5.69 Å². The first-order valence-corrected chi connectivity index (χ1v) is 5.57. The van der Waals surface area contributed by atoms with Crippen LogP contribution >= 0.6 is 11.6 Å². The zero-order valence-corrected chi connectivity index (χ0v) is 10.6. The van der Waals surface area contributed by atoms with Crippen LogP contribution in [-0.4, -0.2) is 14.9 Å². The van der Waals surface area contributed by atoms with Crippen molar-refractivity contribution in [1.82, 2.24) is 9.97 Å². The van der Waals surface area contributed by atoms with Gasteiger partial charge in [-0.1, -0.05) is 17.7 Å². The van der Waals surface area contributed by atoms with Gasteiger partial charge in [0.25, 0.3) is 0 Å². The van der Waals surface area contributed by atoms with Gasteiger partial charge in [-0.15, -0.1) is 0 Å². The highest BCUT2D eigenvalue weighted by Crippen LogP contribution is 2.37. The molecular formula is C11H9ClN4O3. The maximum absolute atomic E-state index is 10.9. The highest BCUT2D eigenvalue weighted by molar-refractivity contribution is 6.32. The fourth-order valence-electron chi connectivity index (χ4n) is 1.46. The molecule has 0 saturated heterocycles. The first-order valence-electron chi connectivity index (χ1n) is 5.19. The van der Waals surface area contributed by atoms with E-state index in [1.807, 2.05) is 0 Å². The minimum atomic E-state index is -0.585. The fourth-order valence-corrected chi connectivity index (χ4v) is 1.67. The predicted octanol–water partition coefficient (Wildman–Crippen LogP) is 2.72. The number of hydrogen-bond acceptors (Lipinski definition) is 6. The number of halogens is 1. The van der Waals surface area contributed by atoms with Crippen molar-refractivity contribution >= 4 is 23.1 Å². The Kier molecular flexibility index (Phi) is 3.48. The summed E-state index contributed by atoms with van der Waals surface area (Å²) >= 11 is 5.90. The lowest BCUT2D eigenvalue weighted by Gasteiger charge is -2.07. The highest BCUT2D eigenvalue weighted by Gasteiger charge is 2.19. The molecule has 1 aromatic carbocycles. The Morgan fingerprint density at radius 1 is 1.42 bits per heavy atom. The Hall–Kier alpha value is -2.41. The standard InChI is InChI=1S/C11H9ClN4O3/c1-6-14-9(13)5-10(15-6)19-11-7(12)3-2-4-8(11)16(17)18/h2-5H,1H3,(H2,13,14,15). The number of nitro benzene ring substituents is 1. The summed E-state index contributed by atoms with van der Waals surface area (Å²) in [6.07, 6.45) is 0. The van der Waals surface area contributed by atoms with Gasteiger partial charge in [-0.3, -0.25) is 10.1 Å². The van der Waals surface area contributed by atoms with Gasteiger partial charge in [0.2, 0.25) is 11.6 Å². The minimum absolute atomic E-state index is 0.0772. The molecule has 0 radical (unpaired) electrons. The summed E-state index contributed by atoms with van der Waals surface area (Å²) in [5.74, 6) is 0.620. The van der Waals surface area contributed by atoms with Gasteiger partial charge < -0.3 is 10.5 Å². The van der Waals surface area contributed by atoms with Crippen LogP contribution in [0.15, 0.2) is 24.3 Å². The van der Waals surface area contributed by atoms with Crippen LogP contribution in [0.1, 0.15) is 5.82 Å². The Bertz CT molecular complexity index is 628. The van der Waals surface area contributed by atoms with Gasteiger partial charge in [0.1, 0.15) is 11.6 Å². The van der Waals surface area contributed by atoms with Crippen molar-refractivity contribution in [2.24, 2.45) is 0 Å². The van der Waals surface area contributed by atoms with E-state index < -0.39 is 4.92 Å². The summed E-state index contributed by atoms with van der Waals surface area (Å²) in [5.41, 5.74) is 5.30. The van der Waals surface area contributed by atoms with Crippen LogP contribution in [0, 0.1) is 17.0 Å². The number of nitro groups is 1. The van der Waals surface area contributed by atoms with Gasteiger partial charge in [0.05, 0.1) is 9.95 Å². The molecule has 1 heterocycles. The Morgan fingerprint density at radius 2 is 2.16 bits per heavy atom. The van der Waals surface area contributed by atoms with Crippen LogP contribution in [0.4, 0.5) is 11.5 Å². The molecule has 0 saturated carbocycles. The number of hydrogen-bond donors (Lipinski definition) is 1. The van der Waals surface area contributed by atoms with Crippen LogP contribution in [0.25, 0.3) is 0 Å². The molecular weight excluding hydrogens is 272 g/mol. The predicted molar refractivity (Wildman–Crippen MR) is 69.4 cm³/mol. The van der Waals surface area contributed by atoms with Crippen molar-refractivity contribution in [3.05, 3.63) is 45.2 Å². The Balaban J connectivity index is 2.45. The molecule has 98 valence electrons. The molecule has 0 atom stereocenters. The third-order valence-electron chi connectivity index (χ3n) is 2.18. The van der Waals surface area contributed by atoms with Crippen molar-refractivity contribution in [3.8, 4) is 11.6 Å². The van der Waals surface area contributed by atoms with Crippen molar-refractivity contribution < 1.29 is 9.66 Å². The smallest absolute Gasteiger partial charge is 0.313 e. The normalized spacial score (nSPS) is 10.2. The lowest BCUT2D eigenvalue weighted by atomic mass is 10.3. The summed E-state index contributed by atoms with van der Waals surface area (Å²) < 4.78 is 5.36. The molecule has 0 aliphatic rings. The van der Waals surface area contributed by atoms with Gasteiger partial charge in [-0.2, -0.15) is 4.98 Å². The van der Waals surface area contributed by atoms with E-state index in [2.05, 4.69) is 9.97 Å². The second-order valence-electron chi connectivity index (χ2n) is 3.63. The number of nitrogens with zero attached hydrogens (tertiary/aromatic N) is 3. The quantitative estimate of drug-likeness (QED) is 0.684. The number of aromatic nitrogens is 2. The van der Waals surface area contributed by atoms with Crippen LogP contribution in [0.2, 0.25) is 5.02 Å². The summed E-state index contributed by atoms with van der Waals surface area (Å²) in [5, 5.41) is 11.0. The van der Waals surface area contributed by atoms with Gasteiger partial charge in [0, 0.05) is 12.1 Å². The maximum Gasteiger partial charge on any atom is 0.313 e. The molecule has 0 amide bonds. The second kappa shape index (κ2) is 5.07. The van der Waals surface area contributed by atoms with E-state index in [-0.39, 0.29) is 28.2 Å². The van der Waals surface area contributed by atoms with E-state index in [1.54, 1.807) is 6.92 Å². The largest absolute Gasteiger partial charge is 0.430 e. The van der Waals surface area contributed by atoms with Crippen LogP contribution < -0.4 is 10.5 Å². The molecule has 0 fully saturated rings. The number of para-hydroxylation sites is 1. The van der Waals surface area contributed by atoms with Crippen LogP contribution in [0.5, 0.6) is 11.6 Å². The monoisotopic (exact) mass is 280 g/mol. The molecule has 1 aromatic heterocycles. The summed E-state index contributed by atoms with van der Waals surface area (Å²) in [6, 6.07) is 5.60. The third-order valence-corrected chi connectivity index (χ3v) is 2.48. The molecule has 0 spiro atoms. The summed E-state index contributed by atoms with van der Waals surface area (Å²) in [6.45, 7) is 1.63. The van der Waals surface area contributed by atoms with Gasteiger partial charge in [-0.25, -0.2) is 4.98 Å². The molecule has 0 unspecified atom stereocenters. The van der Waals surface area contributed by atoms with E-state index in [1.165, 1.54) is 24.3 Å². The average Bonchev–Trinajstić information content (AvgIpc) is 2.30. The highest BCUT2D eigenvalue weighted by atomic mass is 35.5. The van der Waals surface area contributed by atoms with Crippen molar-refractivity contribution in [1.29, 1.82) is 0 Å². The number of anilines is 1. The van der Waals surface area contributed by atoms with Gasteiger partial charge in [0.15, 0.2) is 0 Å². The number of nitrogen functional groups attached to an aromatic ring is 1. The number of nitrogens with two attached hydrogens (primary N) is 1. The molecule has 0 bridgehead atoms. The molecule has 7 nitrogen and oxygen atoms in total. The fraction of sp³-hybridized carbons (Fsp3) is 0.0909. The molecule has 2 rings (SSSR count). The molecule has 8 heteroatoms. The number of aryl methyl sites for hydroxylation is 1. The minimum Gasteiger partial charge on any atom is -0.430 e. The second-order valence-corrected chi connectivity index (χ2v) is 4.03. The average molecular weight is 281 g/mol. The first kappa shape index (κ1) is 13.0. The van der Waals surface area contributed by atoms with Crippen molar-refractivity contribution in [3.63, 3.8) is 0 Å². The molecule has 2 aromatic rings. The number of rotatable bonds is 3.